The molecular formula is C19H19N7O2. The number of carbonyl (C=O) groups is 2. The first-order valence-electron chi connectivity index (χ1n) is 8.83. The number of aromatic nitrogens is 4. The number of nitrogens with zero attached hydrogens (tertiary/aromatic N) is 5. The number of nitrogens with one attached hydrogen (secondary N) is 2. The molecule has 2 amide bonds. The third kappa shape index (κ3) is 3.54. The second-order valence-electron chi connectivity index (χ2n) is 6.44. The van der Waals surface area contributed by atoms with Crippen LogP contribution in [-0.4, -0.2) is 38.6 Å². The molecule has 142 valence electrons. The molecule has 0 saturated heterocycles. The Hall–Kier alpha value is -3.75. The van der Waals surface area contributed by atoms with Crippen molar-refractivity contribution in [3.8, 4) is 0 Å². The van der Waals surface area contributed by atoms with E-state index in [-0.39, 0.29) is 18.0 Å². The largest absolute Gasteiger partial charge is 0.335 e. The summed E-state index contributed by atoms with van der Waals surface area (Å²) in [4.78, 5) is 34.5. The van der Waals surface area contributed by atoms with Crippen molar-refractivity contribution in [3.05, 3.63) is 66.4 Å². The first-order chi connectivity index (χ1) is 13.6. The number of rotatable bonds is 5. The first-order valence-corrected chi connectivity index (χ1v) is 8.83. The first kappa shape index (κ1) is 17.7. The van der Waals surface area contributed by atoms with Crippen molar-refractivity contribution >= 4 is 23.3 Å². The number of benzene rings is 1. The number of aryl methyl sites for hydroxylation is 1. The maximum absolute atomic E-state index is 12.4. The summed E-state index contributed by atoms with van der Waals surface area (Å²) in [6, 6.07) is 10.9. The van der Waals surface area contributed by atoms with Gasteiger partial charge in [0, 0.05) is 25.4 Å². The highest BCUT2D eigenvalue weighted by molar-refractivity contribution is 6.01. The molecule has 3 heterocycles. The highest BCUT2D eigenvalue weighted by Crippen LogP contribution is 2.30. The average Bonchev–Trinajstić information content (AvgIpc) is 3.24. The van der Waals surface area contributed by atoms with Gasteiger partial charge in [-0.3, -0.25) is 14.3 Å². The lowest BCUT2D eigenvalue weighted by atomic mass is 10.1. The number of carbonyl (C=O) groups excluding carboxylic acids is 2. The Bertz CT molecular complexity index is 986. The van der Waals surface area contributed by atoms with Gasteiger partial charge in [0.25, 0.3) is 5.91 Å². The number of pyridine rings is 1. The zero-order chi connectivity index (χ0) is 19.5. The van der Waals surface area contributed by atoms with Crippen molar-refractivity contribution in [3.63, 3.8) is 0 Å². The maximum Gasteiger partial charge on any atom is 0.256 e. The van der Waals surface area contributed by atoms with Gasteiger partial charge in [0.1, 0.15) is 24.6 Å². The van der Waals surface area contributed by atoms with Gasteiger partial charge < -0.3 is 15.5 Å². The van der Waals surface area contributed by atoms with Crippen molar-refractivity contribution in [2.24, 2.45) is 0 Å². The average molecular weight is 377 g/mol. The van der Waals surface area contributed by atoms with E-state index in [9.17, 15) is 9.59 Å². The summed E-state index contributed by atoms with van der Waals surface area (Å²) >= 11 is 0. The minimum atomic E-state index is -0.327. The topological polar surface area (TPSA) is 105 Å². The summed E-state index contributed by atoms with van der Waals surface area (Å²) in [7, 11) is 1.88. The van der Waals surface area contributed by atoms with Crippen molar-refractivity contribution in [2.45, 2.75) is 19.1 Å². The van der Waals surface area contributed by atoms with E-state index in [0.717, 1.165) is 5.56 Å². The van der Waals surface area contributed by atoms with E-state index >= 15 is 0 Å². The molecule has 0 saturated carbocycles. The number of amides is 2. The zero-order valence-electron chi connectivity index (χ0n) is 15.2. The van der Waals surface area contributed by atoms with Gasteiger partial charge in [-0.05, 0) is 29.8 Å². The van der Waals surface area contributed by atoms with Gasteiger partial charge in [-0.25, -0.2) is 9.97 Å². The molecule has 1 aliphatic rings. The molecule has 4 rings (SSSR count). The fourth-order valence-corrected chi connectivity index (χ4v) is 3.12. The summed E-state index contributed by atoms with van der Waals surface area (Å²) in [5.74, 6) is 0.378. The standard InChI is InChI=1S/C19H19N7O2/c1-25-17(24-19(28)15-3-2-9-21-18(15)25)13-4-6-14(7-5-13)23-16(27)8-10-26-12-20-11-22-26/h2-7,9,11-12,17H,8,10H2,1H3,(H,23,27)(H,24,28). The lowest BCUT2D eigenvalue weighted by Crippen LogP contribution is -2.45. The van der Waals surface area contributed by atoms with Gasteiger partial charge in [0.2, 0.25) is 5.91 Å². The van der Waals surface area contributed by atoms with Crippen LogP contribution in [0.25, 0.3) is 0 Å². The van der Waals surface area contributed by atoms with Crippen LogP contribution < -0.4 is 15.5 Å². The molecule has 1 aromatic carbocycles. The van der Waals surface area contributed by atoms with E-state index < -0.39 is 0 Å². The summed E-state index contributed by atoms with van der Waals surface area (Å²) in [6.07, 6.45) is 4.65. The fraction of sp³-hybridized carbons (Fsp3) is 0.211. The molecule has 2 aromatic heterocycles. The van der Waals surface area contributed by atoms with E-state index in [0.29, 0.717) is 30.0 Å². The number of fused-ring (bicyclic) bond motifs is 1. The predicted molar refractivity (Wildman–Crippen MR) is 103 cm³/mol. The molecule has 0 bridgehead atoms. The summed E-state index contributed by atoms with van der Waals surface area (Å²) in [5.41, 5.74) is 2.14. The Kier molecular flexibility index (Phi) is 4.71. The number of hydrogen-bond donors (Lipinski definition) is 2. The van der Waals surface area contributed by atoms with Gasteiger partial charge in [-0.2, -0.15) is 5.10 Å². The summed E-state index contributed by atoms with van der Waals surface area (Å²) < 4.78 is 1.61. The van der Waals surface area contributed by atoms with Crippen LogP contribution in [0.5, 0.6) is 0 Å². The smallest absolute Gasteiger partial charge is 0.256 e. The minimum absolute atomic E-state index is 0.107. The van der Waals surface area contributed by atoms with Gasteiger partial charge >= 0.3 is 0 Å². The van der Waals surface area contributed by atoms with Crippen LogP contribution in [-0.2, 0) is 11.3 Å². The minimum Gasteiger partial charge on any atom is -0.335 e. The van der Waals surface area contributed by atoms with Crippen LogP contribution in [0.2, 0.25) is 0 Å². The second-order valence-corrected chi connectivity index (χ2v) is 6.44. The Morgan fingerprint density at radius 3 is 2.82 bits per heavy atom. The maximum atomic E-state index is 12.4. The molecule has 1 unspecified atom stereocenters. The molecule has 0 spiro atoms. The fourth-order valence-electron chi connectivity index (χ4n) is 3.12. The van der Waals surface area contributed by atoms with Crippen molar-refractivity contribution in [1.29, 1.82) is 0 Å². The Labute approximate surface area is 161 Å². The molecule has 0 aliphatic carbocycles. The Balaban J connectivity index is 1.42. The third-order valence-electron chi connectivity index (χ3n) is 4.57. The molecule has 1 atom stereocenters. The van der Waals surface area contributed by atoms with E-state index in [1.165, 1.54) is 6.33 Å². The molecule has 9 nitrogen and oxygen atoms in total. The van der Waals surface area contributed by atoms with Gasteiger partial charge in [0.15, 0.2) is 0 Å². The van der Waals surface area contributed by atoms with Gasteiger partial charge in [-0.15, -0.1) is 0 Å². The molecule has 9 heteroatoms. The normalized spacial score (nSPS) is 15.7. The Morgan fingerprint density at radius 1 is 1.25 bits per heavy atom. The van der Waals surface area contributed by atoms with Crippen LogP contribution in [0.1, 0.15) is 28.5 Å². The van der Waals surface area contributed by atoms with E-state index in [1.54, 1.807) is 29.3 Å². The van der Waals surface area contributed by atoms with E-state index in [2.05, 4.69) is 25.7 Å². The molecule has 0 radical (unpaired) electrons. The van der Waals surface area contributed by atoms with E-state index in [4.69, 9.17) is 0 Å². The van der Waals surface area contributed by atoms with Crippen molar-refractivity contribution in [1.82, 2.24) is 25.1 Å². The highest BCUT2D eigenvalue weighted by atomic mass is 16.2. The highest BCUT2D eigenvalue weighted by Gasteiger charge is 2.30. The zero-order valence-corrected chi connectivity index (χ0v) is 15.2. The van der Waals surface area contributed by atoms with Gasteiger partial charge in [0.05, 0.1) is 12.1 Å². The Morgan fingerprint density at radius 2 is 2.07 bits per heavy atom. The quantitative estimate of drug-likeness (QED) is 0.699. The lowest BCUT2D eigenvalue weighted by molar-refractivity contribution is -0.116. The van der Waals surface area contributed by atoms with Crippen LogP contribution in [0.3, 0.4) is 0 Å². The summed E-state index contributed by atoms with van der Waals surface area (Å²) in [5, 5.41) is 9.80. The lowest BCUT2D eigenvalue weighted by Gasteiger charge is -2.35. The number of anilines is 2. The predicted octanol–water partition coefficient (Wildman–Crippen LogP) is 1.58. The molecular weight excluding hydrogens is 358 g/mol. The third-order valence-corrected chi connectivity index (χ3v) is 4.57. The van der Waals surface area contributed by atoms with Crippen molar-refractivity contribution < 1.29 is 9.59 Å². The van der Waals surface area contributed by atoms with E-state index in [1.807, 2.05) is 36.2 Å². The van der Waals surface area contributed by atoms with Crippen LogP contribution in [0.4, 0.5) is 11.5 Å². The van der Waals surface area contributed by atoms with Crippen LogP contribution >= 0.6 is 0 Å². The molecule has 2 N–H and O–H groups in total. The van der Waals surface area contributed by atoms with Crippen molar-refractivity contribution in [2.75, 3.05) is 17.3 Å². The molecule has 1 aliphatic heterocycles. The SMILES string of the molecule is CN1c2ncccc2C(=O)NC1c1ccc(NC(=O)CCn2cncn2)cc1. The number of hydrogen-bond acceptors (Lipinski definition) is 6. The molecule has 0 fully saturated rings. The van der Waals surface area contributed by atoms with Crippen LogP contribution in [0, 0.1) is 0 Å². The second kappa shape index (κ2) is 7.47. The monoisotopic (exact) mass is 377 g/mol. The molecule has 3 aromatic rings. The summed E-state index contributed by atoms with van der Waals surface area (Å²) in [6.45, 7) is 0.467. The van der Waals surface area contributed by atoms with Gasteiger partial charge in [-0.1, -0.05) is 12.1 Å². The molecule has 28 heavy (non-hydrogen) atoms. The van der Waals surface area contributed by atoms with Crippen LogP contribution in [0.15, 0.2) is 55.2 Å².